The van der Waals surface area contributed by atoms with Gasteiger partial charge in [0.1, 0.15) is 11.5 Å². The number of aromatic nitrogens is 1. The zero-order valence-corrected chi connectivity index (χ0v) is 21.3. The van der Waals surface area contributed by atoms with Crippen LogP contribution in [0.2, 0.25) is 0 Å². The number of piperidine rings is 1. The van der Waals surface area contributed by atoms with Gasteiger partial charge in [0.25, 0.3) is 5.91 Å². The molecule has 2 aliphatic rings. The number of amides is 1. The Morgan fingerprint density at radius 1 is 1.08 bits per heavy atom. The standard InChI is InChI=1S/C29H33N5O2/c1-17-11-19(5-7-24(17)29(35)33-27-13-21-12-20(27)16-34(21)4)26-14-23(9-10-32-26)36-22-6-8-25(18(2)30)28(15-22)31-3/h5-11,14-15,20-21,27,30-31H,12-13,16H2,1-4H3,(H,33,35)/t20-,21-,27-/m1/s1. The Hall–Kier alpha value is -3.71. The van der Waals surface area contributed by atoms with Crippen LogP contribution in [0.3, 0.4) is 0 Å². The van der Waals surface area contributed by atoms with Crippen LogP contribution in [0, 0.1) is 18.3 Å². The number of pyridine rings is 1. The minimum absolute atomic E-state index is 0.00763. The van der Waals surface area contributed by atoms with Gasteiger partial charge in [-0.05, 0) is 75.5 Å². The number of aryl methyl sites for hydroxylation is 1. The molecule has 1 amide bonds. The lowest BCUT2D eigenvalue weighted by Gasteiger charge is -2.29. The molecular formula is C29H33N5O2. The normalized spacial score (nSPS) is 20.8. The van der Waals surface area contributed by atoms with Crippen molar-refractivity contribution in [1.82, 2.24) is 15.2 Å². The molecule has 2 bridgehead atoms. The number of anilines is 1. The van der Waals surface area contributed by atoms with Crippen molar-refractivity contribution in [3.63, 3.8) is 0 Å². The maximum Gasteiger partial charge on any atom is 0.251 e. The van der Waals surface area contributed by atoms with E-state index >= 15 is 0 Å². The fourth-order valence-electron chi connectivity index (χ4n) is 5.57. The van der Waals surface area contributed by atoms with Crippen LogP contribution >= 0.6 is 0 Å². The Morgan fingerprint density at radius 3 is 2.53 bits per heavy atom. The minimum atomic E-state index is 0.00763. The summed E-state index contributed by atoms with van der Waals surface area (Å²) in [6.07, 6.45) is 3.95. The second-order valence-corrected chi connectivity index (χ2v) is 10.00. The first kappa shape index (κ1) is 24.0. The molecule has 186 valence electrons. The molecule has 0 radical (unpaired) electrons. The maximum absolute atomic E-state index is 13.0. The van der Waals surface area contributed by atoms with E-state index in [4.69, 9.17) is 10.1 Å². The van der Waals surface area contributed by atoms with Gasteiger partial charge in [0.05, 0.1) is 5.69 Å². The third-order valence-corrected chi connectivity index (χ3v) is 7.53. The average Bonchev–Trinajstić information content (AvgIpc) is 3.42. The van der Waals surface area contributed by atoms with Gasteiger partial charge in [-0.25, -0.2) is 0 Å². The lowest BCUT2D eigenvalue weighted by molar-refractivity contribution is 0.0912. The van der Waals surface area contributed by atoms with Crippen LogP contribution in [0.4, 0.5) is 5.69 Å². The fraction of sp³-hybridized carbons (Fsp3) is 0.345. The summed E-state index contributed by atoms with van der Waals surface area (Å²) >= 11 is 0. The fourth-order valence-corrected chi connectivity index (χ4v) is 5.57. The second kappa shape index (κ2) is 9.74. The summed E-state index contributed by atoms with van der Waals surface area (Å²) < 4.78 is 6.10. The van der Waals surface area contributed by atoms with Gasteiger partial charge in [0.15, 0.2) is 0 Å². The Morgan fingerprint density at radius 2 is 1.86 bits per heavy atom. The lowest BCUT2D eigenvalue weighted by Crippen LogP contribution is -2.44. The van der Waals surface area contributed by atoms with Gasteiger partial charge >= 0.3 is 0 Å². The Bertz CT molecular complexity index is 1320. The molecular weight excluding hydrogens is 450 g/mol. The monoisotopic (exact) mass is 483 g/mol. The summed E-state index contributed by atoms with van der Waals surface area (Å²) in [6, 6.07) is 16.1. The van der Waals surface area contributed by atoms with Crippen molar-refractivity contribution in [2.75, 3.05) is 26.0 Å². The van der Waals surface area contributed by atoms with Crippen LogP contribution in [-0.4, -0.2) is 54.2 Å². The molecule has 0 spiro atoms. The number of benzene rings is 2. The highest BCUT2D eigenvalue weighted by Gasteiger charge is 2.43. The van der Waals surface area contributed by atoms with Crippen molar-refractivity contribution >= 4 is 17.3 Å². The molecule has 0 unspecified atom stereocenters. The van der Waals surface area contributed by atoms with E-state index in [1.807, 2.05) is 62.5 Å². The smallest absolute Gasteiger partial charge is 0.251 e. The Labute approximate surface area is 212 Å². The molecule has 2 fully saturated rings. The number of hydrogen-bond donors (Lipinski definition) is 3. The molecule has 1 saturated heterocycles. The van der Waals surface area contributed by atoms with Crippen LogP contribution in [0.25, 0.3) is 11.3 Å². The number of likely N-dealkylation sites (tertiary alicyclic amines) is 1. The van der Waals surface area contributed by atoms with E-state index in [0.29, 0.717) is 34.7 Å². The van der Waals surface area contributed by atoms with Crippen LogP contribution in [0.5, 0.6) is 11.5 Å². The number of rotatable bonds is 7. The van der Waals surface area contributed by atoms with E-state index in [9.17, 15) is 4.79 Å². The number of carbonyl (C=O) groups is 1. The zero-order valence-electron chi connectivity index (χ0n) is 21.3. The molecule has 1 saturated carbocycles. The second-order valence-electron chi connectivity index (χ2n) is 10.00. The summed E-state index contributed by atoms with van der Waals surface area (Å²) in [5, 5.41) is 14.3. The van der Waals surface area contributed by atoms with E-state index in [1.165, 1.54) is 6.42 Å². The molecule has 3 atom stereocenters. The summed E-state index contributed by atoms with van der Waals surface area (Å²) in [7, 11) is 4.01. The first-order valence-corrected chi connectivity index (χ1v) is 12.5. The molecule has 7 heteroatoms. The molecule has 36 heavy (non-hydrogen) atoms. The predicted molar refractivity (Wildman–Crippen MR) is 143 cm³/mol. The number of ether oxygens (including phenoxy) is 1. The van der Waals surface area contributed by atoms with Crippen molar-refractivity contribution in [2.45, 2.75) is 38.8 Å². The molecule has 3 aromatic rings. The van der Waals surface area contributed by atoms with E-state index in [-0.39, 0.29) is 11.9 Å². The SMILES string of the molecule is CNc1cc(Oc2ccnc(-c3ccc(C(=O)N[C@@H]4C[C@H]5C[C@@H]4CN5C)c(C)c3)c2)ccc1C(C)=N. The minimum Gasteiger partial charge on any atom is -0.457 e. The van der Waals surface area contributed by atoms with E-state index in [1.54, 1.807) is 13.1 Å². The largest absolute Gasteiger partial charge is 0.457 e. The van der Waals surface area contributed by atoms with Gasteiger partial charge < -0.3 is 25.7 Å². The topological polar surface area (TPSA) is 90.3 Å². The van der Waals surface area contributed by atoms with Gasteiger partial charge in [-0.15, -0.1) is 0 Å². The average molecular weight is 484 g/mol. The van der Waals surface area contributed by atoms with Crippen LogP contribution in [0.1, 0.15) is 41.3 Å². The van der Waals surface area contributed by atoms with Crippen molar-refractivity contribution in [3.05, 3.63) is 71.4 Å². The van der Waals surface area contributed by atoms with Gasteiger partial charge in [-0.1, -0.05) is 6.07 Å². The summed E-state index contributed by atoms with van der Waals surface area (Å²) in [4.78, 5) is 20.0. The molecule has 3 N–H and O–H groups in total. The summed E-state index contributed by atoms with van der Waals surface area (Å²) in [5.41, 5.74) is 5.52. The third kappa shape index (κ3) is 4.71. The summed E-state index contributed by atoms with van der Waals surface area (Å²) in [6.45, 7) is 4.81. The van der Waals surface area contributed by atoms with Crippen LogP contribution < -0.4 is 15.4 Å². The van der Waals surface area contributed by atoms with Crippen LogP contribution in [-0.2, 0) is 0 Å². The van der Waals surface area contributed by atoms with E-state index in [0.717, 1.165) is 41.0 Å². The number of carbonyl (C=O) groups excluding carboxylic acids is 1. The molecule has 2 heterocycles. The zero-order chi connectivity index (χ0) is 25.4. The predicted octanol–water partition coefficient (Wildman–Crippen LogP) is 5.10. The Balaban J connectivity index is 1.30. The first-order valence-electron chi connectivity index (χ1n) is 12.5. The van der Waals surface area contributed by atoms with Crippen molar-refractivity contribution in [1.29, 1.82) is 5.41 Å². The van der Waals surface area contributed by atoms with Crippen LogP contribution in [0.15, 0.2) is 54.7 Å². The number of nitrogens with zero attached hydrogens (tertiary/aromatic N) is 2. The Kier molecular flexibility index (Phi) is 6.49. The highest BCUT2D eigenvalue weighted by atomic mass is 16.5. The number of nitrogens with one attached hydrogen (secondary N) is 3. The van der Waals surface area contributed by atoms with Crippen molar-refractivity contribution in [3.8, 4) is 22.8 Å². The highest BCUT2D eigenvalue weighted by Crippen LogP contribution is 2.37. The molecule has 2 aromatic carbocycles. The van der Waals surface area contributed by atoms with Gasteiger partial charge in [0.2, 0.25) is 0 Å². The van der Waals surface area contributed by atoms with Gasteiger partial charge in [0, 0.05) is 72.1 Å². The van der Waals surface area contributed by atoms with E-state index < -0.39 is 0 Å². The van der Waals surface area contributed by atoms with Gasteiger partial charge in [-0.2, -0.15) is 0 Å². The molecule has 1 aromatic heterocycles. The van der Waals surface area contributed by atoms with Crippen molar-refractivity contribution in [2.24, 2.45) is 5.92 Å². The van der Waals surface area contributed by atoms with Gasteiger partial charge in [-0.3, -0.25) is 9.78 Å². The molecule has 5 rings (SSSR count). The van der Waals surface area contributed by atoms with E-state index in [2.05, 4.69) is 27.6 Å². The molecule has 1 aliphatic carbocycles. The highest BCUT2D eigenvalue weighted by molar-refractivity contribution is 6.01. The quantitative estimate of drug-likeness (QED) is 0.407. The first-order chi connectivity index (χ1) is 17.3. The molecule has 1 aliphatic heterocycles. The molecule has 7 nitrogen and oxygen atoms in total. The van der Waals surface area contributed by atoms with Crippen molar-refractivity contribution < 1.29 is 9.53 Å². The number of fused-ring (bicyclic) bond motifs is 2. The summed E-state index contributed by atoms with van der Waals surface area (Å²) in [5.74, 6) is 1.91. The lowest BCUT2D eigenvalue weighted by atomic mass is 9.99. The third-order valence-electron chi connectivity index (χ3n) is 7.53. The maximum atomic E-state index is 13.0. The number of hydrogen-bond acceptors (Lipinski definition) is 6.